The number of anilines is 1. The molecular formula is C23H22N2O3S. The van der Waals surface area contributed by atoms with Crippen molar-refractivity contribution in [3.8, 4) is 0 Å². The number of benzene rings is 2. The molecule has 0 bridgehead atoms. The van der Waals surface area contributed by atoms with Crippen molar-refractivity contribution in [3.05, 3.63) is 70.8 Å². The fourth-order valence-electron chi connectivity index (χ4n) is 3.41. The van der Waals surface area contributed by atoms with E-state index in [2.05, 4.69) is 18.7 Å². The van der Waals surface area contributed by atoms with Gasteiger partial charge in [0.05, 0.1) is 11.4 Å². The lowest BCUT2D eigenvalue weighted by atomic mass is 10.1. The number of thioether (sulfide) groups is 1. The van der Waals surface area contributed by atoms with Gasteiger partial charge in [-0.15, -0.1) is 0 Å². The maximum absolute atomic E-state index is 12.8. The van der Waals surface area contributed by atoms with E-state index >= 15 is 0 Å². The molecule has 29 heavy (non-hydrogen) atoms. The van der Waals surface area contributed by atoms with Crippen molar-refractivity contribution in [2.45, 2.75) is 20.4 Å². The third-order valence-corrected chi connectivity index (χ3v) is 5.90. The molecule has 1 aliphatic heterocycles. The number of furan rings is 1. The minimum atomic E-state index is -0.283. The standard InChI is InChI=1S/C23H22N2O3S/c1-3-24(4-2)21-12-11-19(28-21)14-20-22(26)25(23(27)29-20)15-16-9-10-17-7-5-6-8-18(17)13-16/h5-14H,3-4,15H2,1-2H3/b20-14-. The number of fused-ring (bicyclic) bond motifs is 1. The summed E-state index contributed by atoms with van der Waals surface area (Å²) in [4.78, 5) is 29.0. The van der Waals surface area contributed by atoms with Crippen LogP contribution in [0.3, 0.4) is 0 Å². The number of rotatable bonds is 6. The Labute approximate surface area is 174 Å². The Morgan fingerprint density at radius 2 is 1.76 bits per heavy atom. The van der Waals surface area contributed by atoms with E-state index in [1.54, 1.807) is 6.08 Å². The van der Waals surface area contributed by atoms with Crippen LogP contribution < -0.4 is 4.90 Å². The summed E-state index contributed by atoms with van der Waals surface area (Å²) in [6, 6.07) is 17.7. The summed E-state index contributed by atoms with van der Waals surface area (Å²) in [7, 11) is 0. The van der Waals surface area contributed by atoms with Gasteiger partial charge in [-0.25, -0.2) is 0 Å². The summed E-state index contributed by atoms with van der Waals surface area (Å²) in [5.74, 6) is 1.05. The van der Waals surface area contributed by atoms with Crippen LogP contribution in [0.4, 0.5) is 10.7 Å². The summed E-state index contributed by atoms with van der Waals surface area (Å²) in [5, 5.41) is 1.96. The van der Waals surface area contributed by atoms with Crippen molar-refractivity contribution in [1.29, 1.82) is 0 Å². The van der Waals surface area contributed by atoms with Crippen LogP contribution in [0.25, 0.3) is 16.8 Å². The summed E-state index contributed by atoms with van der Waals surface area (Å²) >= 11 is 0.954. The highest BCUT2D eigenvalue weighted by atomic mass is 32.2. The minimum absolute atomic E-state index is 0.259. The van der Waals surface area contributed by atoms with Gasteiger partial charge in [-0.2, -0.15) is 0 Å². The van der Waals surface area contributed by atoms with E-state index in [1.807, 2.05) is 54.6 Å². The Balaban J connectivity index is 1.53. The average Bonchev–Trinajstić information content (AvgIpc) is 3.29. The Kier molecular flexibility index (Phi) is 5.45. The lowest BCUT2D eigenvalue weighted by Gasteiger charge is -2.16. The normalized spacial score (nSPS) is 15.7. The average molecular weight is 407 g/mol. The number of amides is 2. The van der Waals surface area contributed by atoms with E-state index in [1.165, 1.54) is 4.90 Å². The van der Waals surface area contributed by atoms with Crippen molar-refractivity contribution < 1.29 is 14.0 Å². The fraction of sp³-hybridized carbons (Fsp3) is 0.217. The highest BCUT2D eigenvalue weighted by Gasteiger charge is 2.35. The molecule has 1 fully saturated rings. The molecule has 0 radical (unpaired) electrons. The summed E-state index contributed by atoms with van der Waals surface area (Å²) in [6.45, 7) is 6.06. The zero-order valence-electron chi connectivity index (χ0n) is 16.4. The molecule has 2 heterocycles. The van der Waals surface area contributed by atoms with E-state index in [4.69, 9.17) is 4.42 Å². The molecule has 148 valence electrons. The molecule has 0 atom stereocenters. The summed E-state index contributed by atoms with van der Waals surface area (Å²) in [6.07, 6.45) is 1.65. The van der Waals surface area contributed by atoms with E-state index in [9.17, 15) is 9.59 Å². The quantitative estimate of drug-likeness (QED) is 0.505. The van der Waals surface area contributed by atoms with Crippen LogP contribution in [0.2, 0.25) is 0 Å². The number of carbonyl (C=O) groups is 2. The van der Waals surface area contributed by atoms with Crippen LogP contribution in [0.15, 0.2) is 63.9 Å². The van der Waals surface area contributed by atoms with Crippen molar-refractivity contribution in [1.82, 2.24) is 4.90 Å². The van der Waals surface area contributed by atoms with Crippen LogP contribution in [0.5, 0.6) is 0 Å². The highest BCUT2D eigenvalue weighted by molar-refractivity contribution is 8.18. The zero-order chi connectivity index (χ0) is 20.4. The van der Waals surface area contributed by atoms with Crippen LogP contribution >= 0.6 is 11.8 Å². The van der Waals surface area contributed by atoms with Crippen LogP contribution in [-0.4, -0.2) is 29.1 Å². The summed E-state index contributed by atoms with van der Waals surface area (Å²) < 4.78 is 5.83. The number of imide groups is 1. The smallest absolute Gasteiger partial charge is 0.293 e. The molecule has 2 amide bonds. The zero-order valence-corrected chi connectivity index (χ0v) is 17.2. The molecule has 0 unspecified atom stereocenters. The van der Waals surface area contributed by atoms with Gasteiger partial charge in [0.15, 0.2) is 5.88 Å². The molecule has 0 aliphatic carbocycles. The number of hydrogen-bond acceptors (Lipinski definition) is 5. The summed E-state index contributed by atoms with van der Waals surface area (Å²) in [5.41, 5.74) is 0.925. The Morgan fingerprint density at radius 3 is 2.52 bits per heavy atom. The van der Waals surface area contributed by atoms with Crippen LogP contribution in [-0.2, 0) is 11.3 Å². The van der Waals surface area contributed by atoms with Gasteiger partial charge in [0.2, 0.25) is 0 Å². The monoisotopic (exact) mass is 406 g/mol. The first-order valence-corrected chi connectivity index (χ1v) is 10.5. The van der Waals surface area contributed by atoms with Crippen molar-refractivity contribution in [3.63, 3.8) is 0 Å². The topological polar surface area (TPSA) is 53.8 Å². The molecule has 6 heteroatoms. The Bertz CT molecular complexity index is 1100. The lowest BCUT2D eigenvalue weighted by molar-refractivity contribution is -0.123. The van der Waals surface area contributed by atoms with Gasteiger partial charge in [-0.05, 0) is 54.1 Å². The van der Waals surface area contributed by atoms with Crippen LogP contribution in [0, 0.1) is 0 Å². The van der Waals surface area contributed by atoms with Crippen LogP contribution in [0.1, 0.15) is 25.2 Å². The molecule has 2 aromatic carbocycles. The van der Waals surface area contributed by atoms with E-state index in [0.717, 1.165) is 47.1 Å². The predicted molar refractivity (Wildman–Crippen MR) is 118 cm³/mol. The second kappa shape index (κ2) is 8.17. The molecular weight excluding hydrogens is 384 g/mol. The Morgan fingerprint density at radius 1 is 1.00 bits per heavy atom. The lowest BCUT2D eigenvalue weighted by Crippen LogP contribution is -2.27. The molecule has 5 nitrogen and oxygen atoms in total. The fourth-order valence-corrected chi connectivity index (χ4v) is 4.23. The number of nitrogens with zero attached hydrogens (tertiary/aromatic N) is 2. The van der Waals surface area contributed by atoms with Gasteiger partial charge in [0.25, 0.3) is 11.1 Å². The molecule has 1 saturated heterocycles. The molecule has 1 aromatic heterocycles. The van der Waals surface area contributed by atoms with Gasteiger partial charge >= 0.3 is 0 Å². The minimum Gasteiger partial charge on any atom is -0.441 e. The molecule has 0 spiro atoms. The second-order valence-electron chi connectivity index (χ2n) is 6.80. The maximum Gasteiger partial charge on any atom is 0.293 e. The van der Waals surface area contributed by atoms with Crippen molar-refractivity contribution in [2.75, 3.05) is 18.0 Å². The maximum atomic E-state index is 12.8. The largest absolute Gasteiger partial charge is 0.441 e. The first kappa shape index (κ1) is 19.3. The second-order valence-corrected chi connectivity index (χ2v) is 7.79. The molecule has 3 aromatic rings. The third-order valence-electron chi connectivity index (χ3n) is 4.99. The van der Waals surface area contributed by atoms with Gasteiger partial charge < -0.3 is 9.32 Å². The van der Waals surface area contributed by atoms with Gasteiger partial charge in [-0.1, -0.05) is 36.4 Å². The number of hydrogen-bond donors (Lipinski definition) is 0. The van der Waals surface area contributed by atoms with Crippen molar-refractivity contribution in [2.24, 2.45) is 0 Å². The van der Waals surface area contributed by atoms with E-state index in [-0.39, 0.29) is 17.7 Å². The highest BCUT2D eigenvalue weighted by Crippen LogP contribution is 2.34. The number of carbonyl (C=O) groups excluding carboxylic acids is 2. The molecule has 0 N–H and O–H groups in total. The Hall–Kier alpha value is -2.99. The molecule has 4 rings (SSSR count). The molecule has 1 aliphatic rings. The first-order chi connectivity index (χ1) is 14.1. The third kappa shape index (κ3) is 3.93. The predicted octanol–water partition coefficient (Wildman–Crippen LogP) is 5.52. The SMILES string of the molecule is CCN(CC)c1ccc(/C=C2\SC(=O)N(Cc3ccc4ccccc4c3)C2=O)o1. The van der Waals surface area contributed by atoms with Crippen molar-refractivity contribution >= 4 is 45.6 Å². The van der Waals surface area contributed by atoms with Gasteiger partial charge in [0.1, 0.15) is 5.76 Å². The molecule has 0 saturated carbocycles. The van der Waals surface area contributed by atoms with E-state index < -0.39 is 0 Å². The van der Waals surface area contributed by atoms with Gasteiger partial charge in [0, 0.05) is 25.2 Å². The first-order valence-electron chi connectivity index (χ1n) is 9.67. The van der Waals surface area contributed by atoms with E-state index in [0.29, 0.717) is 10.7 Å². The van der Waals surface area contributed by atoms with Gasteiger partial charge in [-0.3, -0.25) is 14.5 Å².